The van der Waals surface area contributed by atoms with Crippen LogP contribution in [0.25, 0.3) is 0 Å². The minimum absolute atomic E-state index is 0.0354. The van der Waals surface area contributed by atoms with Crippen LogP contribution in [0.4, 0.5) is 5.69 Å². The maximum Gasteiger partial charge on any atom is 0.374 e. The van der Waals surface area contributed by atoms with Gasteiger partial charge in [-0.25, -0.2) is 4.79 Å². The van der Waals surface area contributed by atoms with E-state index < -0.39 is 5.97 Å². The number of hydrogen-bond acceptors (Lipinski definition) is 4. The Hall–Kier alpha value is -1.65. The highest BCUT2D eigenvalue weighted by Gasteiger charge is 2.39. The summed E-state index contributed by atoms with van der Waals surface area (Å²) in [7, 11) is 1.87. The number of furan rings is 1. The van der Waals surface area contributed by atoms with Crippen molar-refractivity contribution in [3.63, 3.8) is 0 Å². The molecule has 1 N–H and O–H groups in total. The first-order valence-corrected chi connectivity index (χ1v) is 5.39. The van der Waals surface area contributed by atoms with Crippen LogP contribution in [0.2, 0.25) is 0 Å². The highest BCUT2D eigenvalue weighted by molar-refractivity contribution is 5.93. The summed E-state index contributed by atoms with van der Waals surface area (Å²) in [5.41, 5.74) is 0.560. The third-order valence-electron chi connectivity index (χ3n) is 3.19. The normalized spacial score (nSPS) is 23.8. The van der Waals surface area contributed by atoms with E-state index >= 15 is 0 Å². The van der Waals surface area contributed by atoms with Gasteiger partial charge in [0.05, 0.1) is 6.54 Å². The summed E-state index contributed by atoms with van der Waals surface area (Å²) in [6, 6.07) is 0. The number of ether oxygens (including phenoxy) is 1. The molecule has 1 saturated carbocycles. The minimum Gasteiger partial charge on any atom is -0.483 e. The number of nitrogens with zero attached hydrogens (tertiary/aromatic N) is 1. The molecule has 1 aliphatic carbocycles. The van der Waals surface area contributed by atoms with Crippen molar-refractivity contribution in [1.82, 2.24) is 0 Å². The van der Waals surface area contributed by atoms with Crippen molar-refractivity contribution in [3.8, 4) is 5.75 Å². The van der Waals surface area contributed by atoms with Gasteiger partial charge in [-0.05, 0) is 18.8 Å². The maximum absolute atomic E-state index is 10.9. The largest absolute Gasteiger partial charge is 0.483 e. The van der Waals surface area contributed by atoms with Crippen LogP contribution in [0.3, 0.4) is 0 Å². The molecule has 0 aromatic carbocycles. The van der Waals surface area contributed by atoms with Gasteiger partial charge in [0.2, 0.25) is 5.76 Å². The predicted molar refractivity (Wildman–Crippen MR) is 56.1 cm³/mol. The van der Waals surface area contributed by atoms with Gasteiger partial charge in [0.25, 0.3) is 0 Å². The molecule has 0 saturated heterocycles. The van der Waals surface area contributed by atoms with Crippen molar-refractivity contribution < 1.29 is 19.1 Å². The lowest BCUT2D eigenvalue weighted by molar-refractivity contribution is 0.0663. The van der Waals surface area contributed by atoms with Gasteiger partial charge in [-0.2, -0.15) is 0 Å². The first-order valence-electron chi connectivity index (χ1n) is 5.39. The summed E-state index contributed by atoms with van der Waals surface area (Å²) in [5, 5.41) is 8.96. The number of hydrogen-bond donors (Lipinski definition) is 1. The van der Waals surface area contributed by atoms with Crippen molar-refractivity contribution in [2.45, 2.75) is 18.9 Å². The van der Waals surface area contributed by atoms with E-state index in [1.165, 1.54) is 19.1 Å². The lowest BCUT2D eigenvalue weighted by atomic mass is 10.1. The van der Waals surface area contributed by atoms with Crippen molar-refractivity contribution in [2.75, 3.05) is 18.5 Å². The minimum atomic E-state index is -1.05. The fourth-order valence-electron chi connectivity index (χ4n) is 2.21. The summed E-state index contributed by atoms with van der Waals surface area (Å²) in [4.78, 5) is 12.8. The molecule has 5 heteroatoms. The zero-order valence-electron chi connectivity index (χ0n) is 8.97. The monoisotopic (exact) mass is 223 g/mol. The molecule has 1 unspecified atom stereocenters. The van der Waals surface area contributed by atoms with Crippen LogP contribution in [0.15, 0.2) is 10.7 Å². The van der Waals surface area contributed by atoms with Gasteiger partial charge >= 0.3 is 5.97 Å². The quantitative estimate of drug-likeness (QED) is 0.824. The Morgan fingerprint density at radius 1 is 1.56 bits per heavy atom. The predicted octanol–water partition coefficient (Wildman–Crippen LogP) is 1.58. The van der Waals surface area contributed by atoms with Crippen LogP contribution in [0.1, 0.15) is 23.4 Å². The van der Waals surface area contributed by atoms with E-state index in [0.717, 1.165) is 6.54 Å². The lowest BCUT2D eigenvalue weighted by Crippen LogP contribution is -2.39. The number of carbonyl (C=O) groups is 1. The molecular weight excluding hydrogens is 210 g/mol. The summed E-state index contributed by atoms with van der Waals surface area (Å²) in [6.45, 7) is 0.734. The van der Waals surface area contributed by atoms with E-state index in [1.54, 1.807) is 0 Å². The van der Waals surface area contributed by atoms with Gasteiger partial charge in [-0.3, -0.25) is 0 Å². The first kappa shape index (κ1) is 9.57. The average Bonchev–Trinajstić information content (AvgIpc) is 2.98. The molecule has 1 aromatic heterocycles. The zero-order valence-corrected chi connectivity index (χ0v) is 8.97. The Morgan fingerprint density at radius 3 is 2.94 bits per heavy atom. The fraction of sp³-hybridized carbons (Fsp3) is 0.545. The van der Waals surface area contributed by atoms with E-state index in [1.807, 2.05) is 11.9 Å². The van der Waals surface area contributed by atoms with E-state index in [-0.39, 0.29) is 11.9 Å². The SMILES string of the molecule is CN1CC(C2CC2)Oc2coc(C(=O)O)c21. The van der Waals surface area contributed by atoms with Crippen molar-refractivity contribution in [2.24, 2.45) is 5.92 Å². The smallest absolute Gasteiger partial charge is 0.374 e. The number of fused-ring (bicyclic) bond motifs is 1. The maximum atomic E-state index is 10.9. The molecule has 1 atom stereocenters. The molecule has 1 aromatic rings. The molecule has 16 heavy (non-hydrogen) atoms. The molecule has 1 fully saturated rings. The molecule has 2 heterocycles. The highest BCUT2D eigenvalue weighted by atomic mass is 16.5. The van der Waals surface area contributed by atoms with Gasteiger partial charge < -0.3 is 19.2 Å². The summed E-state index contributed by atoms with van der Waals surface area (Å²) < 4.78 is 10.8. The Bertz CT molecular complexity index is 435. The Morgan fingerprint density at radius 2 is 2.31 bits per heavy atom. The van der Waals surface area contributed by atoms with Crippen LogP contribution in [-0.4, -0.2) is 30.8 Å². The van der Waals surface area contributed by atoms with E-state index in [0.29, 0.717) is 17.4 Å². The highest BCUT2D eigenvalue weighted by Crippen LogP contribution is 2.43. The number of anilines is 1. The number of aromatic carboxylic acids is 1. The average molecular weight is 223 g/mol. The lowest BCUT2D eigenvalue weighted by Gasteiger charge is -2.31. The molecule has 0 amide bonds. The van der Waals surface area contributed by atoms with Crippen LogP contribution in [0.5, 0.6) is 5.75 Å². The van der Waals surface area contributed by atoms with E-state index in [9.17, 15) is 4.79 Å². The second-order valence-corrected chi connectivity index (χ2v) is 4.46. The number of rotatable bonds is 2. The molecule has 0 radical (unpaired) electrons. The van der Waals surface area contributed by atoms with Crippen molar-refractivity contribution >= 4 is 11.7 Å². The standard InChI is InChI=1S/C11H13NO4/c1-12-4-7(6-2-3-6)16-8-5-15-10(9(8)12)11(13)14/h5-7H,2-4H2,1H3,(H,13,14). The molecule has 1 aliphatic heterocycles. The van der Waals surface area contributed by atoms with Crippen molar-refractivity contribution in [1.29, 1.82) is 0 Å². The van der Waals surface area contributed by atoms with Gasteiger partial charge in [0.15, 0.2) is 5.75 Å². The van der Waals surface area contributed by atoms with Crippen molar-refractivity contribution in [3.05, 3.63) is 12.0 Å². The fourth-order valence-corrected chi connectivity index (χ4v) is 2.21. The molecular formula is C11H13NO4. The second kappa shape index (κ2) is 3.17. The molecule has 2 aliphatic rings. The Kier molecular flexibility index (Phi) is 1.89. The molecule has 0 bridgehead atoms. The molecule has 86 valence electrons. The van der Waals surface area contributed by atoms with Gasteiger partial charge in [0.1, 0.15) is 18.1 Å². The van der Waals surface area contributed by atoms with Crippen LogP contribution in [-0.2, 0) is 0 Å². The molecule has 0 spiro atoms. The third kappa shape index (κ3) is 1.35. The summed E-state index contributed by atoms with van der Waals surface area (Å²) in [6.07, 6.45) is 3.98. The van der Waals surface area contributed by atoms with Crippen LogP contribution < -0.4 is 9.64 Å². The topological polar surface area (TPSA) is 62.9 Å². The third-order valence-corrected chi connectivity index (χ3v) is 3.19. The van der Waals surface area contributed by atoms with Gasteiger partial charge in [-0.15, -0.1) is 0 Å². The van der Waals surface area contributed by atoms with Crippen LogP contribution >= 0.6 is 0 Å². The number of likely N-dealkylation sites (N-methyl/N-ethyl adjacent to an activating group) is 1. The summed E-state index contributed by atoms with van der Waals surface area (Å²) >= 11 is 0. The summed E-state index contributed by atoms with van der Waals surface area (Å²) in [5.74, 6) is 0.0927. The van der Waals surface area contributed by atoms with Crippen LogP contribution in [0, 0.1) is 5.92 Å². The number of carboxylic acid groups (broad SMARTS) is 1. The molecule has 3 rings (SSSR count). The zero-order chi connectivity index (χ0) is 11.3. The Balaban J connectivity index is 1.94. The van der Waals surface area contributed by atoms with Gasteiger partial charge in [0, 0.05) is 7.05 Å². The molecule has 5 nitrogen and oxygen atoms in total. The second-order valence-electron chi connectivity index (χ2n) is 4.46. The van der Waals surface area contributed by atoms with Gasteiger partial charge in [-0.1, -0.05) is 0 Å². The van der Waals surface area contributed by atoms with E-state index in [4.69, 9.17) is 14.3 Å². The first-order chi connectivity index (χ1) is 7.66. The van der Waals surface area contributed by atoms with E-state index in [2.05, 4.69) is 0 Å². The Labute approximate surface area is 92.6 Å². The number of carboxylic acids is 1.